The molecule has 1 heterocycles. The minimum atomic E-state index is -0.773. The van der Waals surface area contributed by atoms with Crippen molar-refractivity contribution in [3.63, 3.8) is 0 Å². The molecule has 118 valence electrons. The second-order valence-electron chi connectivity index (χ2n) is 5.13. The molecule has 0 spiro atoms. The molecule has 0 aliphatic rings. The van der Waals surface area contributed by atoms with Gasteiger partial charge in [0.15, 0.2) is 0 Å². The zero-order valence-corrected chi connectivity index (χ0v) is 12.4. The lowest BCUT2D eigenvalue weighted by atomic mass is 10.0. The van der Waals surface area contributed by atoms with E-state index in [0.29, 0.717) is 25.4 Å². The molecule has 0 saturated carbocycles. The summed E-state index contributed by atoms with van der Waals surface area (Å²) in [6, 6.07) is 1.69. The van der Waals surface area contributed by atoms with Gasteiger partial charge in [0.25, 0.3) is 0 Å². The summed E-state index contributed by atoms with van der Waals surface area (Å²) in [5.74, 6) is -0.481. The molecule has 1 aromatic heterocycles. The van der Waals surface area contributed by atoms with Crippen molar-refractivity contribution in [1.82, 2.24) is 20.4 Å². The van der Waals surface area contributed by atoms with Crippen molar-refractivity contribution in [2.75, 3.05) is 13.1 Å². The van der Waals surface area contributed by atoms with Crippen LogP contribution in [0.15, 0.2) is 18.5 Å². The van der Waals surface area contributed by atoms with Gasteiger partial charge in [0.1, 0.15) is 0 Å². The first-order valence-corrected chi connectivity index (χ1v) is 7.29. The minimum absolute atomic E-state index is 0.180. The molecule has 0 radical (unpaired) electrons. The monoisotopic (exact) mass is 296 g/mol. The maximum atomic E-state index is 11.5. The van der Waals surface area contributed by atoms with Crippen LogP contribution in [0, 0.1) is 5.92 Å². The maximum Gasteiger partial charge on any atom is 0.314 e. The molecule has 21 heavy (non-hydrogen) atoms. The Morgan fingerprint density at radius 3 is 2.71 bits per heavy atom. The van der Waals surface area contributed by atoms with Crippen LogP contribution in [0.25, 0.3) is 0 Å². The van der Waals surface area contributed by atoms with Crippen LogP contribution >= 0.6 is 0 Å². The molecule has 0 fully saturated rings. The summed E-state index contributed by atoms with van der Waals surface area (Å²) in [7, 11) is 0. The molecule has 1 rings (SSSR count). The van der Waals surface area contributed by atoms with Gasteiger partial charge in [-0.25, -0.2) is 4.79 Å². The molecule has 0 aliphatic heterocycles. The molecule has 0 aliphatic carbocycles. The number of carbonyl (C=O) groups excluding carboxylic acids is 1. The van der Waals surface area contributed by atoms with Gasteiger partial charge >= 0.3 is 12.0 Å². The Morgan fingerprint density at radius 1 is 1.29 bits per heavy atom. The van der Waals surface area contributed by atoms with Crippen LogP contribution in [-0.2, 0) is 11.3 Å². The molecular formula is C14H24N4O3. The number of hydrogen-bond acceptors (Lipinski definition) is 3. The van der Waals surface area contributed by atoms with E-state index in [2.05, 4.69) is 15.7 Å². The first-order valence-electron chi connectivity index (χ1n) is 7.29. The lowest BCUT2D eigenvalue weighted by Crippen LogP contribution is -2.37. The van der Waals surface area contributed by atoms with Gasteiger partial charge in [-0.1, -0.05) is 6.92 Å². The topological polar surface area (TPSA) is 96.3 Å². The molecule has 3 N–H and O–H groups in total. The number of aliphatic carboxylic acids is 1. The molecule has 0 aromatic carbocycles. The number of nitrogens with zero attached hydrogens (tertiary/aromatic N) is 2. The summed E-state index contributed by atoms with van der Waals surface area (Å²) in [6.45, 7) is 3.93. The van der Waals surface area contributed by atoms with Gasteiger partial charge in [0.2, 0.25) is 0 Å². The summed E-state index contributed by atoms with van der Waals surface area (Å²) in [5, 5.41) is 18.2. The normalized spacial score (nSPS) is 11.9. The zero-order valence-electron chi connectivity index (χ0n) is 12.4. The van der Waals surface area contributed by atoms with Crippen LogP contribution in [0.4, 0.5) is 4.79 Å². The molecule has 2 amide bonds. The Bertz CT molecular complexity index is 420. The van der Waals surface area contributed by atoms with Crippen LogP contribution in [0.5, 0.6) is 0 Å². The van der Waals surface area contributed by atoms with Gasteiger partial charge in [-0.05, 0) is 31.2 Å². The van der Waals surface area contributed by atoms with Crippen LogP contribution in [0.2, 0.25) is 0 Å². The third-order valence-electron chi connectivity index (χ3n) is 3.18. The number of aromatic nitrogens is 2. The SMILES string of the molecule is CC(CCNC(=O)NCCCn1cccn1)CCC(=O)O. The molecule has 1 unspecified atom stereocenters. The van der Waals surface area contributed by atoms with Gasteiger partial charge in [0, 0.05) is 38.4 Å². The quantitative estimate of drug-likeness (QED) is 0.570. The van der Waals surface area contributed by atoms with Crippen molar-refractivity contribution >= 4 is 12.0 Å². The number of rotatable bonds is 10. The van der Waals surface area contributed by atoms with Crippen molar-refractivity contribution in [3.8, 4) is 0 Å². The smallest absolute Gasteiger partial charge is 0.314 e. The Labute approximate surface area is 124 Å². The van der Waals surface area contributed by atoms with Crippen LogP contribution in [-0.4, -0.2) is 40.0 Å². The number of hydrogen-bond donors (Lipinski definition) is 3. The number of carbonyl (C=O) groups is 2. The van der Waals surface area contributed by atoms with Crippen LogP contribution < -0.4 is 10.6 Å². The lowest BCUT2D eigenvalue weighted by molar-refractivity contribution is -0.137. The van der Waals surface area contributed by atoms with E-state index < -0.39 is 5.97 Å². The van der Waals surface area contributed by atoms with Gasteiger partial charge in [-0.3, -0.25) is 9.48 Å². The Kier molecular flexibility index (Phi) is 7.93. The highest BCUT2D eigenvalue weighted by atomic mass is 16.4. The predicted molar refractivity (Wildman–Crippen MR) is 78.9 cm³/mol. The van der Waals surface area contributed by atoms with E-state index in [1.54, 1.807) is 6.20 Å². The summed E-state index contributed by atoms with van der Waals surface area (Å²) < 4.78 is 1.82. The number of nitrogens with one attached hydrogen (secondary N) is 2. The van der Waals surface area contributed by atoms with Gasteiger partial charge in [0.05, 0.1) is 0 Å². The van der Waals surface area contributed by atoms with E-state index in [4.69, 9.17) is 5.11 Å². The zero-order chi connectivity index (χ0) is 15.5. The minimum Gasteiger partial charge on any atom is -0.481 e. The number of aryl methyl sites for hydroxylation is 1. The van der Waals surface area contributed by atoms with Gasteiger partial charge in [-0.15, -0.1) is 0 Å². The highest BCUT2D eigenvalue weighted by Gasteiger charge is 2.06. The third-order valence-corrected chi connectivity index (χ3v) is 3.18. The fourth-order valence-electron chi connectivity index (χ4n) is 1.88. The first-order chi connectivity index (χ1) is 10.1. The Morgan fingerprint density at radius 2 is 2.05 bits per heavy atom. The van der Waals surface area contributed by atoms with Crippen molar-refractivity contribution in [2.24, 2.45) is 5.92 Å². The largest absolute Gasteiger partial charge is 0.481 e. The van der Waals surface area contributed by atoms with Crippen molar-refractivity contribution in [3.05, 3.63) is 18.5 Å². The number of carboxylic acid groups (broad SMARTS) is 1. The summed E-state index contributed by atoms with van der Waals surface area (Å²) in [5.41, 5.74) is 0. The Balaban J connectivity index is 1.97. The molecule has 1 atom stereocenters. The lowest BCUT2D eigenvalue weighted by Gasteiger charge is -2.11. The maximum absolute atomic E-state index is 11.5. The van der Waals surface area contributed by atoms with E-state index in [1.165, 1.54) is 0 Å². The average molecular weight is 296 g/mol. The van der Waals surface area contributed by atoms with E-state index in [9.17, 15) is 9.59 Å². The first kappa shape index (κ1) is 17.0. The summed E-state index contributed by atoms with van der Waals surface area (Å²) in [4.78, 5) is 21.9. The van der Waals surface area contributed by atoms with Gasteiger partial charge < -0.3 is 15.7 Å². The van der Waals surface area contributed by atoms with Crippen molar-refractivity contribution < 1.29 is 14.7 Å². The molecule has 7 heteroatoms. The van der Waals surface area contributed by atoms with E-state index in [0.717, 1.165) is 19.4 Å². The second kappa shape index (κ2) is 9.79. The van der Waals surface area contributed by atoms with E-state index in [-0.39, 0.29) is 12.5 Å². The third kappa shape index (κ3) is 8.67. The standard InChI is InChI=1S/C14H24N4O3/c1-12(4-5-13(19)20)6-9-16-14(21)15-7-2-10-18-11-3-8-17-18/h3,8,11-12H,2,4-7,9-10H2,1H3,(H,19,20)(H2,15,16,21). The average Bonchev–Trinajstić information content (AvgIpc) is 2.94. The number of carboxylic acids is 1. The van der Waals surface area contributed by atoms with Crippen molar-refractivity contribution in [2.45, 2.75) is 39.2 Å². The molecule has 0 saturated heterocycles. The van der Waals surface area contributed by atoms with E-state index >= 15 is 0 Å². The fraction of sp³-hybridized carbons (Fsp3) is 0.643. The molecule has 7 nitrogen and oxygen atoms in total. The summed E-state index contributed by atoms with van der Waals surface area (Å²) >= 11 is 0. The van der Waals surface area contributed by atoms with Crippen molar-refractivity contribution in [1.29, 1.82) is 0 Å². The molecule has 0 bridgehead atoms. The summed E-state index contributed by atoms with van der Waals surface area (Å²) in [6.07, 6.45) is 6.05. The number of amides is 2. The van der Waals surface area contributed by atoms with E-state index in [1.807, 2.05) is 23.9 Å². The second-order valence-corrected chi connectivity index (χ2v) is 5.13. The molecular weight excluding hydrogens is 272 g/mol. The highest BCUT2D eigenvalue weighted by molar-refractivity contribution is 5.73. The number of urea groups is 1. The van der Waals surface area contributed by atoms with Crippen LogP contribution in [0.1, 0.15) is 32.6 Å². The predicted octanol–water partition coefficient (Wildman–Crippen LogP) is 1.46. The van der Waals surface area contributed by atoms with Gasteiger partial charge in [-0.2, -0.15) is 5.10 Å². The van der Waals surface area contributed by atoms with Crippen LogP contribution in [0.3, 0.4) is 0 Å². The molecule has 1 aromatic rings. The highest BCUT2D eigenvalue weighted by Crippen LogP contribution is 2.08. The Hall–Kier alpha value is -2.05. The fourth-order valence-corrected chi connectivity index (χ4v) is 1.88.